The molecule has 0 amide bonds. The van der Waals surface area contributed by atoms with Crippen LogP contribution < -0.4 is 3.11 Å². The lowest BCUT2D eigenvalue weighted by atomic mass is 10.0. The summed E-state index contributed by atoms with van der Waals surface area (Å²) in [6.07, 6.45) is 1.50. The maximum absolute atomic E-state index is 13.7. The number of fused-ring (bicyclic) bond motifs is 1. The van der Waals surface area contributed by atoms with Crippen LogP contribution in [0.3, 0.4) is 0 Å². The molecule has 0 spiro atoms. The van der Waals surface area contributed by atoms with Gasteiger partial charge < -0.3 is 0 Å². The maximum Gasteiger partial charge on any atom is 0.270 e. The molecule has 3 nitrogen and oxygen atoms in total. The summed E-state index contributed by atoms with van der Waals surface area (Å²) in [6, 6.07) is 8.53. The van der Waals surface area contributed by atoms with E-state index in [1.807, 2.05) is 14.6 Å². The Morgan fingerprint density at radius 3 is 2.77 bits per heavy atom. The molecule has 0 fully saturated rings. The van der Waals surface area contributed by atoms with Crippen molar-refractivity contribution in [2.24, 2.45) is 0 Å². The van der Waals surface area contributed by atoms with Crippen LogP contribution in [0.4, 0.5) is 14.6 Å². The number of anilines is 1. The molecule has 0 N–H and O–H groups in total. The van der Waals surface area contributed by atoms with Crippen molar-refractivity contribution < 1.29 is 8.78 Å². The lowest BCUT2D eigenvalue weighted by Crippen LogP contribution is -2.16. The summed E-state index contributed by atoms with van der Waals surface area (Å²) in [6.45, 7) is 1.27. The minimum atomic E-state index is -2.86. The van der Waals surface area contributed by atoms with Crippen molar-refractivity contribution in [3.05, 3.63) is 53.2 Å². The van der Waals surface area contributed by atoms with Crippen LogP contribution in [0.1, 0.15) is 18.1 Å². The van der Waals surface area contributed by atoms with Crippen molar-refractivity contribution >= 4 is 50.2 Å². The monoisotopic (exact) mass is 431 g/mol. The number of halogens is 3. The molecule has 0 saturated carbocycles. The van der Waals surface area contributed by atoms with Crippen LogP contribution >= 0.6 is 34.2 Å². The number of alkyl halides is 2. The van der Waals surface area contributed by atoms with E-state index in [1.54, 1.807) is 29.5 Å². The highest BCUT2D eigenvalue weighted by Crippen LogP contribution is 2.34. The molecule has 1 aromatic carbocycles. The number of hydrogen-bond donors (Lipinski definition) is 0. The van der Waals surface area contributed by atoms with E-state index in [1.165, 1.54) is 12.4 Å². The van der Waals surface area contributed by atoms with Crippen LogP contribution in [-0.4, -0.2) is 9.97 Å². The van der Waals surface area contributed by atoms with E-state index in [0.717, 1.165) is 23.0 Å². The highest BCUT2D eigenvalue weighted by molar-refractivity contribution is 14.1. The number of nitrogens with zero attached hydrogens (tertiary/aromatic N) is 3. The van der Waals surface area contributed by atoms with Gasteiger partial charge in [-0.15, -0.1) is 11.3 Å². The van der Waals surface area contributed by atoms with Crippen molar-refractivity contribution in [1.82, 2.24) is 9.97 Å². The van der Waals surface area contributed by atoms with E-state index >= 15 is 0 Å². The molecule has 2 aromatic heterocycles. The Balaban J connectivity index is 1.95. The molecule has 0 radical (unpaired) electrons. The van der Waals surface area contributed by atoms with E-state index in [-0.39, 0.29) is 5.56 Å². The van der Waals surface area contributed by atoms with E-state index in [9.17, 15) is 8.78 Å². The molecule has 0 unspecified atom stereocenters. The summed E-state index contributed by atoms with van der Waals surface area (Å²) in [5.41, 5.74) is 1.51. The third-order valence-electron chi connectivity index (χ3n) is 3.25. The summed E-state index contributed by atoms with van der Waals surface area (Å²) < 4.78 is 30.3. The van der Waals surface area contributed by atoms with Gasteiger partial charge in [-0.1, -0.05) is 24.3 Å². The number of rotatable bonds is 4. The molecule has 0 aliphatic carbocycles. The summed E-state index contributed by atoms with van der Waals surface area (Å²) in [5, 5.41) is 1.95. The summed E-state index contributed by atoms with van der Waals surface area (Å²) in [5.74, 6) is -2.12. The quantitative estimate of drug-likeness (QED) is 0.422. The third-order valence-corrected chi connectivity index (χ3v) is 4.95. The molecular formula is C15H12F2IN3S. The van der Waals surface area contributed by atoms with Crippen LogP contribution in [0.25, 0.3) is 10.2 Å². The van der Waals surface area contributed by atoms with Gasteiger partial charge in [-0.25, -0.2) is 18.7 Å². The minimum absolute atomic E-state index is 0.0492. The first-order chi connectivity index (χ1) is 10.5. The molecule has 7 heteroatoms. The SMILES string of the molecule is CC(F)(F)c1ccccc1CN(I)c1ncnc2ccsc12. The predicted octanol–water partition coefficient (Wildman–Crippen LogP) is 5.16. The topological polar surface area (TPSA) is 29.0 Å². The number of aromatic nitrogens is 2. The second kappa shape index (κ2) is 6.04. The van der Waals surface area contributed by atoms with Gasteiger partial charge in [-0.3, -0.25) is 3.11 Å². The summed E-state index contributed by atoms with van der Waals surface area (Å²) in [7, 11) is 0. The van der Waals surface area contributed by atoms with Gasteiger partial charge in [0.15, 0.2) is 5.82 Å². The fraction of sp³-hybridized carbons (Fsp3) is 0.200. The highest BCUT2D eigenvalue weighted by Gasteiger charge is 2.27. The van der Waals surface area contributed by atoms with Crippen molar-refractivity contribution in [2.45, 2.75) is 19.4 Å². The van der Waals surface area contributed by atoms with Gasteiger partial charge in [0, 0.05) is 12.5 Å². The maximum atomic E-state index is 13.7. The van der Waals surface area contributed by atoms with Gasteiger partial charge in [-0.2, -0.15) is 0 Å². The Bertz CT molecular complexity index is 801. The standard InChI is InChI=1S/C15H12F2IN3S/c1-15(16,17)11-5-3-2-4-10(11)8-21(18)14-13-12(6-7-22-13)19-9-20-14/h2-7,9H,8H2,1H3. The molecular weight excluding hydrogens is 419 g/mol. The van der Waals surface area contributed by atoms with E-state index in [4.69, 9.17) is 0 Å². The Morgan fingerprint density at radius 2 is 2.00 bits per heavy atom. The molecule has 114 valence electrons. The Labute approximate surface area is 144 Å². The first kappa shape index (κ1) is 15.5. The van der Waals surface area contributed by atoms with Crippen LogP contribution in [0.15, 0.2) is 42.0 Å². The highest BCUT2D eigenvalue weighted by atomic mass is 127. The van der Waals surface area contributed by atoms with Crippen molar-refractivity contribution in [1.29, 1.82) is 0 Å². The van der Waals surface area contributed by atoms with Crippen molar-refractivity contribution in [3.63, 3.8) is 0 Å². The molecule has 0 atom stereocenters. The van der Waals surface area contributed by atoms with Crippen LogP contribution in [0, 0.1) is 0 Å². The zero-order chi connectivity index (χ0) is 15.7. The van der Waals surface area contributed by atoms with Gasteiger partial charge in [0.25, 0.3) is 5.92 Å². The van der Waals surface area contributed by atoms with Gasteiger partial charge in [0.1, 0.15) is 6.33 Å². The molecule has 3 aromatic rings. The Kier molecular flexibility index (Phi) is 4.26. The fourth-order valence-electron chi connectivity index (χ4n) is 2.26. The lowest BCUT2D eigenvalue weighted by Gasteiger charge is -2.20. The van der Waals surface area contributed by atoms with E-state index in [2.05, 4.69) is 32.8 Å². The number of thiophene rings is 1. The molecule has 0 aliphatic heterocycles. The second-order valence-electron chi connectivity index (χ2n) is 4.90. The average molecular weight is 431 g/mol. The van der Waals surface area contributed by atoms with Gasteiger partial charge in [0.2, 0.25) is 0 Å². The summed E-state index contributed by atoms with van der Waals surface area (Å²) in [4.78, 5) is 8.49. The first-order valence-electron chi connectivity index (χ1n) is 6.54. The predicted molar refractivity (Wildman–Crippen MR) is 93.6 cm³/mol. The lowest BCUT2D eigenvalue weighted by molar-refractivity contribution is 0.0166. The Morgan fingerprint density at radius 1 is 1.23 bits per heavy atom. The zero-order valence-corrected chi connectivity index (χ0v) is 14.6. The van der Waals surface area contributed by atoms with Crippen LogP contribution in [-0.2, 0) is 12.5 Å². The third kappa shape index (κ3) is 3.05. The average Bonchev–Trinajstić information content (AvgIpc) is 2.94. The molecule has 2 heterocycles. The molecule has 0 bridgehead atoms. The smallest absolute Gasteiger partial charge is 0.270 e. The van der Waals surface area contributed by atoms with E-state index in [0.29, 0.717) is 12.1 Å². The molecule has 0 aliphatic rings. The minimum Gasteiger partial charge on any atom is -0.293 e. The molecule has 22 heavy (non-hydrogen) atoms. The largest absolute Gasteiger partial charge is 0.293 e. The summed E-state index contributed by atoms with van der Waals surface area (Å²) >= 11 is 3.65. The van der Waals surface area contributed by atoms with Crippen LogP contribution in [0.2, 0.25) is 0 Å². The molecule has 0 saturated heterocycles. The van der Waals surface area contributed by atoms with Crippen molar-refractivity contribution in [2.75, 3.05) is 3.11 Å². The van der Waals surface area contributed by atoms with Gasteiger partial charge in [0.05, 0.1) is 39.6 Å². The Hall–Kier alpha value is -1.35. The molecule has 3 rings (SSSR count). The van der Waals surface area contributed by atoms with Crippen molar-refractivity contribution in [3.8, 4) is 0 Å². The zero-order valence-electron chi connectivity index (χ0n) is 11.6. The number of hydrogen-bond acceptors (Lipinski definition) is 4. The van der Waals surface area contributed by atoms with Gasteiger partial charge in [-0.05, 0) is 17.0 Å². The van der Waals surface area contributed by atoms with Gasteiger partial charge >= 0.3 is 0 Å². The van der Waals surface area contributed by atoms with Crippen LogP contribution in [0.5, 0.6) is 0 Å². The fourth-order valence-corrected chi connectivity index (χ4v) is 4.00. The number of benzene rings is 1. The van der Waals surface area contributed by atoms with E-state index < -0.39 is 5.92 Å². The first-order valence-corrected chi connectivity index (χ1v) is 8.39. The second-order valence-corrected chi connectivity index (χ2v) is 6.98. The normalized spacial score (nSPS) is 11.8.